The lowest BCUT2D eigenvalue weighted by Gasteiger charge is -2.22. The Hall–Kier alpha value is -3.83. The molecular weight excluding hydrogens is 789 g/mol. The highest BCUT2D eigenvalue weighted by Crippen LogP contribution is 2.46. The van der Waals surface area contributed by atoms with Gasteiger partial charge in [0.05, 0.1) is 40.2 Å². The van der Waals surface area contributed by atoms with Crippen LogP contribution in [0.2, 0.25) is 5.02 Å². The van der Waals surface area contributed by atoms with E-state index in [1.807, 2.05) is 0 Å². The number of hydrogen-bond acceptors (Lipinski definition) is 9. The van der Waals surface area contributed by atoms with Crippen LogP contribution in [0.4, 0.5) is 27.8 Å². The Kier molecular flexibility index (Phi) is 10.7. The average molecular weight is 822 g/mol. The Morgan fingerprint density at radius 1 is 0.962 bits per heavy atom. The molecule has 2 aromatic carbocycles. The fourth-order valence-electron chi connectivity index (χ4n) is 6.13. The Morgan fingerprint density at radius 3 is 2.09 bits per heavy atom. The standard InChI is InChI=1S/C33H33ClF5N5O6S3/c1-33(2,51(3,45)46)12-11-25-20-7-6-8-21(20)26(28(41-25)24(40)15-17-13-18(35)16-19(36)14-17)22-9-10-23(34)27-29(22)43(31(39)30(37)38)42-32(27)44(52(4,47)48)53(5,49)50/h9-10,13-14,16,24,30-31H,6-8,15,40H2,1-5H3/t24-,31?/m1/s1. The third-order valence-corrected chi connectivity index (χ3v) is 14.1. The van der Waals surface area contributed by atoms with E-state index in [0.29, 0.717) is 42.5 Å². The average Bonchev–Trinajstić information content (AvgIpc) is 3.63. The van der Waals surface area contributed by atoms with Crippen molar-refractivity contribution in [3.63, 3.8) is 0 Å². The van der Waals surface area contributed by atoms with Gasteiger partial charge in [0, 0.05) is 23.4 Å². The van der Waals surface area contributed by atoms with Gasteiger partial charge >= 0.3 is 0 Å². The van der Waals surface area contributed by atoms with E-state index in [2.05, 4.69) is 16.9 Å². The lowest BCUT2D eigenvalue weighted by atomic mass is 9.89. The van der Waals surface area contributed by atoms with Crippen LogP contribution in [0.15, 0.2) is 30.3 Å². The van der Waals surface area contributed by atoms with Gasteiger partial charge in [0.25, 0.3) is 12.7 Å². The molecule has 20 heteroatoms. The molecule has 2 heterocycles. The van der Waals surface area contributed by atoms with Gasteiger partial charge in [-0.25, -0.2) is 56.9 Å². The molecule has 2 N–H and O–H groups in total. The van der Waals surface area contributed by atoms with Gasteiger partial charge in [0.15, 0.2) is 15.7 Å². The van der Waals surface area contributed by atoms with Crippen molar-refractivity contribution in [2.45, 2.75) is 63.0 Å². The SMILES string of the molecule is CC(C)(C#Cc1nc([C@H](N)Cc2cc(F)cc(F)c2)c(-c2ccc(Cl)c3c(N(S(C)(=O)=O)S(C)(=O)=O)nn(C(F)C(F)F)c23)c2c1CCC2)S(C)(=O)=O. The summed E-state index contributed by atoms with van der Waals surface area (Å²) in [5.74, 6) is 2.79. The predicted molar refractivity (Wildman–Crippen MR) is 191 cm³/mol. The Labute approximate surface area is 308 Å². The minimum Gasteiger partial charge on any atom is -0.322 e. The largest absolute Gasteiger partial charge is 0.322 e. The highest BCUT2D eigenvalue weighted by atomic mass is 35.5. The van der Waals surface area contributed by atoms with Crippen molar-refractivity contribution >= 4 is 58.2 Å². The van der Waals surface area contributed by atoms with Gasteiger partial charge in [-0.05, 0) is 80.3 Å². The first-order chi connectivity index (χ1) is 24.3. The van der Waals surface area contributed by atoms with Crippen LogP contribution >= 0.6 is 11.6 Å². The van der Waals surface area contributed by atoms with E-state index < -0.39 is 81.7 Å². The quantitative estimate of drug-likeness (QED) is 0.163. The molecule has 0 spiro atoms. The van der Waals surface area contributed by atoms with E-state index in [9.17, 15) is 42.8 Å². The van der Waals surface area contributed by atoms with E-state index in [-0.39, 0.29) is 54.3 Å². The number of rotatable bonds is 10. The molecule has 53 heavy (non-hydrogen) atoms. The Balaban J connectivity index is 1.94. The van der Waals surface area contributed by atoms with Crippen LogP contribution in [0.3, 0.4) is 0 Å². The van der Waals surface area contributed by atoms with Crippen LogP contribution < -0.4 is 9.44 Å². The third kappa shape index (κ3) is 7.88. The summed E-state index contributed by atoms with van der Waals surface area (Å²) in [6, 6.07) is 3.99. The summed E-state index contributed by atoms with van der Waals surface area (Å²) in [5, 5.41) is 2.89. The molecule has 0 bridgehead atoms. The molecule has 2 atom stereocenters. The number of sulfone groups is 1. The molecule has 4 aromatic rings. The maximum atomic E-state index is 15.6. The third-order valence-electron chi connectivity index (χ3n) is 8.70. The number of fused-ring (bicyclic) bond motifs is 2. The number of aromatic nitrogens is 3. The van der Waals surface area contributed by atoms with Crippen molar-refractivity contribution in [3.8, 4) is 23.0 Å². The summed E-state index contributed by atoms with van der Waals surface area (Å²) < 4.78 is 147. The van der Waals surface area contributed by atoms with Gasteiger partial charge in [-0.1, -0.05) is 23.6 Å². The lowest BCUT2D eigenvalue weighted by Crippen LogP contribution is -2.35. The number of nitrogens with two attached hydrogens (primary N) is 1. The monoisotopic (exact) mass is 821 g/mol. The minimum absolute atomic E-state index is 0.0368. The minimum atomic E-state index is -4.75. The topological polar surface area (TPSA) is 162 Å². The summed E-state index contributed by atoms with van der Waals surface area (Å²) in [6.45, 7) is 2.79. The molecule has 1 unspecified atom stereocenters. The first-order valence-electron chi connectivity index (χ1n) is 15.7. The van der Waals surface area contributed by atoms with Gasteiger partial charge < -0.3 is 5.73 Å². The molecule has 0 saturated heterocycles. The van der Waals surface area contributed by atoms with Crippen LogP contribution in [-0.4, -0.2) is 70.0 Å². The second-order valence-electron chi connectivity index (χ2n) is 13.2. The van der Waals surface area contributed by atoms with Crippen LogP contribution in [0.25, 0.3) is 22.0 Å². The summed E-state index contributed by atoms with van der Waals surface area (Å²) in [4.78, 5) is 4.72. The van der Waals surface area contributed by atoms with Gasteiger partial charge in [0.1, 0.15) is 22.1 Å². The summed E-state index contributed by atoms with van der Waals surface area (Å²) in [6.07, 6.45) is -4.08. The van der Waals surface area contributed by atoms with Crippen LogP contribution in [-0.2, 0) is 49.1 Å². The fourth-order valence-corrected chi connectivity index (χ4v) is 9.45. The highest BCUT2D eigenvalue weighted by molar-refractivity contribution is 8.09. The van der Waals surface area contributed by atoms with E-state index in [1.165, 1.54) is 26.0 Å². The molecular formula is C33H33ClF5N5O6S3. The van der Waals surface area contributed by atoms with Gasteiger partial charge in [0.2, 0.25) is 20.0 Å². The van der Waals surface area contributed by atoms with E-state index in [4.69, 9.17) is 22.3 Å². The summed E-state index contributed by atoms with van der Waals surface area (Å²) in [7, 11) is -13.2. The first-order valence-corrected chi connectivity index (χ1v) is 21.6. The number of benzene rings is 2. The Morgan fingerprint density at radius 2 is 1.55 bits per heavy atom. The van der Waals surface area contributed by atoms with Crippen molar-refractivity contribution in [3.05, 3.63) is 75.1 Å². The van der Waals surface area contributed by atoms with Crippen molar-refractivity contribution in [1.29, 1.82) is 0 Å². The van der Waals surface area contributed by atoms with Crippen molar-refractivity contribution in [2.24, 2.45) is 5.73 Å². The van der Waals surface area contributed by atoms with Crippen LogP contribution in [0, 0.1) is 23.5 Å². The smallest absolute Gasteiger partial charge is 0.289 e. The summed E-state index contributed by atoms with van der Waals surface area (Å²) >= 11 is 6.51. The Bertz CT molecular complexity index is 2500. The highest BCUT2D eigenvalue weighted by Gasteiger charge is 2.38. The number of anilines is 1. The molecule has 5 rings (SSSR count). The molecule has 286 valence electrons. The van der Waals surface area contributed by atoms with Gasteiger partial charge in [-0.3, -0.25) is 0 Å². The molecule has 2 aromatic heterocycles. The molecule has 1 aliphatic rings. The number of nitrogens with zero attached hydrogens (tertiary/aromatic N) is 4. The number of alkyl halides is 3. The number of halogens is 6. The maximum absolute atomic E-state index is 15.6. The van der Waals surface area contributed by atoms with Crippen LogP contribution in [0.5, 0.6) is 0 Å². The van der Waals surface area contributed by atoms with Crippen molar-refractivity contribution < 1.29 is 47.2 Å². The first kappa shape index (κ1) is 40.4. The normalized spacial score (nSPS) is 15.0. The fraction of sp³-hybridized carbons (Fsp3) is 0.394. The number of hydrogen-bond donors (Lipinski definition) is 1. The molecule has 0 radical (unpaired) electrons. The van der Waals surface area contributed by atoms with Crippen molar-refractivity contribution in [1.82, 2.24) is 14.8 Å². The van der Waals surface area contributed by atoms with Gasteiger partial charge in [-0.2, -0.15) is 0 Å². The predicted octanol–water partition coefficient (Wildman–Crippen LogP) is 5.39. The molecule has 0 aliphatic heterocycles. The molecule has 0 saturated carbocycles. The zero-order chi connectivity index (χ0) is 39.6. The second-order valence-corrected chi connectivity index (χ2v) is 20.0. The molecule has 0 fully saturated rings. The second kappa shape index (κ2) is 14.1. The summed E-state index contributed by atoms with van der Waals surface area (Å²) in [5.41, 5.74) is 7.36. The van der Waals surface area contributed by atoms with Gasteiger partial charge in [-0.15, -0.1) is 8.81 Å². The van der Waals surface area contributed by atoms with Crippen LogP contribution in [0.1, 0.15) is 60.7 Å². The zero-order valence-corrected chi connectivity index (χ0v) is 32.0. The van der Waals surface area contributed by atoms with E-state index >= 15 is 4.39 Å². The zero-order valence-electron chi connectivity index (χ0n) is 28.8. The van der Waals surface area contributed by atoms with Crippen molar-refractivity contribution in [2.75, 3.05) is 22.5 Å². The lowest BCUT2D eigenvalue weighted by molar-refractivity contribution is 0.00365. The number of sulfonamides is 2. The molecule has 11 nitrogen and oxygen atoms in total. The maximum Gasteiger partial charge on any atom is 0.289 e. The van der Waals surface area contributed by atoms with E-state index in [0.717, 1.165) is 18.4 Å². The molecule has 0 amide bonds. The molecule has 1 aliphatic carbocycles. The van der Waals surface area contributed by atoms with E-state index in [1.54, 1.807) is 0 Å². The number of pyridine rings is 1.